The number of fused-ring (bicyclic) bond motifs is 12. The molecule has 1 unspecified atom stereocenters. The van der Waals surface area contributed by atoms with Gasteiger partial charge in [0.1, 0.15) is 17.2 Å². The second-order valence-electron chi connectivity index (χ2n) is 16.4. The molecule has 11 aromatic rings. The molecule has 0 saturated heterocycles. The van der Waals surface area contributed by atoms with Crippen LogP contribution in [-0.4, -0.2) is 24.0 Å². The summed E-state index contributed by atoms with van der Waals surface area (Å²) in [6.07, 6.45) is 5.20. The molecule has 13 rings (SSSR count). The zero-order valence-corrected chi connectivity index (χ0v) is 33.3. The van der Waals surface area contributed by atoms with Crippen LogP contribution in [-0.2, 0) is 12.0 Å². The smallest absolute Gasteiger partial charge is 0.128 e. The van der Waals surface area contributed by atoms with E-state index in [2.05, 4.69) is 213 Å². The van der Waals surface area contributed by atoms with E-state index in [0.29, 0.717) is 17.0 Å². The summed E-state index contributed by atoms with van der Waals surface area (Å²) >= 11 is 0. The number of hydrogen-bond donors (Lipinski definition) is 1. The summed E-state index contributed by atoms with van der Waals surface area (Å²) < 4.78 is 9.34. The predicted octanol–water partition coefficient (Wildman–Crippen LogP) is 13.2. The first kappa shape index (κ1) is 33.8. The molecule has 1 atom stereocenters. The Morgan fingerprint density at radius 1 is 0.475 bits per heavy atom. The van der Waals surface area contributed by atoms with Crippen LogP contribution in [0.2, 0.25) is 0 Å². The van der Waals surface area contributed by atoms with Crippen LogP contribution < -0.4 is 0 Å². The second-order valence-corrected chi connectivity index (χ2v) is 16.4. The van der Waals surface area contributed by atoms with Gasteiger partial charge in [-0.25, -0.2) is 0 Å². The molecule has 4 aromatic heterocycles. The largest absolute Gasteiger partial charge is 0.326 e. The van der Waals surface area contributed by atoms with Gasteiger partial charge in [0, 0.05) is 55.4 Å². The van der Waals surface area contributed by atoms with Gasteiger partial charge >= 0.3 is 0 Å². The summed E-state index contributed by atoms with van der Waals surface area (Å²) in [5.74, 6) is 0. The maximum Gasteiger partial charge on any atom is 0.128 e. The summed E-state index contributed by atoms with van der Waals surface area (Å²) in [4.78, 5) is 0. The lowest BCUT2D eigenvalue weighted by Gasteiger charge is -2.43. The SMILES string of the molecule is CC1(n2c3c(c4ccccc42)C=CC3)C(=N)C(n2c3ccccc3c3ccccc32)=C(C#N)C(n2c3ccccc3c3ccccc32)=C1n1c2ccccc2c2ccccc21. The quantitative estimate of drug-likeness (QED) is 0.190. The van der Waals surface area contributed by atoms with Gasteiger partial charge in [0.05, 0.1) is 61.4 Å². The van der Waals surface area contributed by atoms with E-state index < -0.39 is 5.54 Å². The molecule has 0 fully saturated rings. The molecule has 2 aliphatic rings. The van der Waals surface area contributed by atoms with Gasteiger partial charge in [-0.3, -0.25) is 0 Å². The number of para-hydroxylation sites is 7. The summed E-state index contributed by atoms with van der Waals surface area (Å²) in [6, 6.07) is 62.5. The molecule has 0 aliphatic heterocycles. The van der Waals surface area contributed by atoms with Gasteiger partial charge in [0.2, 0.25) is 0 Å². The Kier molecular flexibility index (Phi) is 6.76. The highest BCUT2D eigenvalue weighted by Crippen LogP contribution is 2.54. The number of nitrogens with one attached hydrogen (secondary N) is 1. The number of nitrogens with zero attached hydrogens (tertiary/aromatic N) is 5. The van der Waals surface area contributed by atoms with Gasteiger partial charge in [-0.1, -0.05) is 140 Å². The monoisotopic (exact) mass is 780 g/mol. The molecule has 4 heterocycles. The van der Waals surface area contributed by atoms with Gasteiger partial charge < -0.3 is 23.7 Å². The van der Waals surface area contributed by atoms with Crippen LogP contribution in [0.3, 0.4) is 0 Å². The van der Waals surface area contributed by atoms with Crippen molar-refractivity contribution < 1.29 is 0 Å². The van der Waals surface area contributed by atoms with E-state index in [1.807, 2.05) is 0 Å². The maximum atomic E-state index is 12.1. The summed E-state index contributed by atoms with van der Waals surface area (Å²) in [6.45, 7) is 2.23. The molecule has 2 aliphatic carbocycles. The standard InChI is InChI=1S/C55H36N6/c1-55(61-49-31-15-8-23-40(49)41-24-16-32-50(41)61)53(57)51(58-43-25-9-2-17-34(43)35-18-3-10-26-44(35)58)42(33-56)52(59-45-27-11-4-19-36(45)37-20-5-12-28-46(37)59)54(55)60-47-29-13-6-21-38(47)39-22-7-14-30-48(39)60/h2-31,57H,32H2,1H3. The van der Waals surface area contributed by atoms with E-state index >= 15 is 0 Å². The molecule has 7 aromatic carbocycles. The first-order chi connectivity index (χ1) is 30.1. The lowest BCUT2D eigenvalue weighted by molar-refractivity contribution is 0.551. The molecular formula is C55H36N6. The van der Waals surface area contributed by atoms with Crippen LogP contribution in [0.1, 0.15) is 18.2 Å². The predicted molar refractivity (Wildman–Crippen MR) is 253 cm³/mol. The third kappa shape index (κ3) is 4.22. The van der Waals surface area contributed by atoms with Gasteiger partial charge in [0.25, 0.3) is 0 Å². The maximum absolute atomic E-state index is 12.1. The summed E-state index contributed by atoms with van der Waals surface area (Å²) in [5, 5.41) is 31.0. The highest BCUT2D eigenvalue weighted by molar-refractivity contribution is 6.36. The van der Waals surface area contributed by atoms with E-state index in [4.69, 9.17) is 0 Å². The van der Waals surface area contributed by atoms with E-state index in [9.17, 15) is 10.7 Å². The van der Waals surface area contributed by atoms with Crippen LogP contribution in [0.4, 0.5) is 0 Å². The van der Waals surface area contributed by atoms with Crippen molar-refractivity contribution in [3.8, 4) is 6.07 Å². The van der Waals surface area contributed by atoms with Crippen molar-refractivity contribution in [1.29, 1.82) is 10.7 Å². The van der Waals surface area contributed by atoms with E-state index in [1.54, 1.807) is 0 Å². The minimum Gasteiger partial charge on any atom is -0.326 e. The van der Waals surface area contributed by atoms with Crippen LogP contribution in [0, 0.1) is 16.7 Å². The van der Waals surface area contributed by atoms with Crippen LogP contribution in [0.25, 0.3) is 99.5 Å². The molecule has 61 heavy (non-hydrogen) atoms. The normalized spacial score (nSPS) is 16.8. The lowest BCUT2D eigenvalue weighted by atomic mass is 9.79. The topological polar surface area (TPSA) is 67.4 Å². The fourth-order valence-electron chi connectivity index (χ4n) is 11.0. The molecule has 6 nitrogen and oxygen atoms in total. The molecule has 0 spiro atoms. The average Bonchev–Trinajstić information content (AvgIpc) is 4.13. The van der Waals surface area contributed by atoms with Crippen molar-refractivity contribution in [2.45, 2.75) is 18.9 Å². The fourth-order valence-corrected chi connectivity index (χ4v) is 11.0. The molecule has 0 radical (unpaired) electrons. The summed E-state index contributed by atoms with van der Waals surface area (Å²) in [7, 11) is 0. The lowest BCUT2D eigenvalue weighted by Crippen LogP contribution is -2.47. The number of nitriles is 1. The number of benzene rings is 7. The number of allylic oxidation sites excluding steroid dienone is 5. The van der Waals surface area contributed by atoms with Crippen molar-refractivity contribution >= 4 is 105 Å². The number of rotatable bonds is 4. The Morgan fingerprint density at radius 2 is 0.836 bits per heavy atom. The Hall–Kier alpha value is -8.14. The molecule has 0 amide bonds. The zero-order valence-electron chi connectivity index (χ0n) is 33.3. The van der Waals surface area contributed by atoms with Gasteiger partial charge in [-0.15, -0.1) is 0 Å². The molecular weight excluding hydrogens is 745 g/mol. The van der Waals surface area contributed by atoms with Crippen LogP contribution in [0.15, 0.2) is 182 Å². The minimum absolute atomic E-state index is 0.340. The van der Waals surface area contributed by atoms with Crippen molar-refractivity contribution in [3.05, 3.63) is 193 Å². The Morgan fingerprint density at radius 3 is 1.26 bits per heavy atom. The van der Waals surface area contributed by atoms with Gasteiger partial charge in [-0.05, 0) is 49.4 Å². The third-order valence-corrected chi connectivity index (χ3v) is 13.5. The number of hydrogen-bond acceptors (Lipinski definition) is 2. The van der Waals surface area contributed by atoms with Crippen LogP contribution in [0.5, 0.6) is 0 Å². The van der Waals surface area contributed by atoms with Crippen molar-refractivity contribution in [1.82, 2.24) is 18.3 Å². The Balaban J connectivity index is 1.35. The second kappa shape index (κ2) is 12.2. The Labute approximate surface area is 350 Å². The number of aromatic nitrogens is 4. The van der Waals surface area contributed by atoms with Crippen molar-refractivity contribution in [3.63, 3.8) is 0 Å². The molecule has 286 valence electrons. The van der Waals surface area contributed by atoms with E-state index in [0.717, 1.165) is 99.8 Å². The highest BCUT2D eigenvalue weighted by atomic mass is 15.2. The molecule has 6 heteroatoms. The fraction of sp³-hybridized carbons (Fsp3) is 0.0545. The minimum atomic E-state index is -1.20. The van der Waals surface area contributed by atoms with Crippen molar-refractivity contribution in [2.75, 3.05) is 0 Å². The zero-order chi connectivity index (χ0) is 40.6. The van der Waals surface area contributed by atoms with E-state index in [1.165, 1.54) is 5.56 Å². The first-order valence-corrected chi connectivity index (χ1v) is 20.8. The molecule has 1 N–H and O–H groups in total. The van der Waals surface area contributed by atoms with E-state index in [-0.39, 0.29) is 0 Å². The van der Waals surface area contributed by atoms with Gasteiger partial charge in [0.15, 0.2) is 0 Å². The first-order valence-electron chi connectivity index (χ1n) is 20.8. The third-order valence-electron chi connectivity index (χ3n) is 13.5. The molecule has 0 bridgehead atoms. The Bertz CT molecular complexity index is 3740. The van der Waals surface area contributed by atoms with Crippen molar-refractivity contribution in [2.24, 2.45) is 0 Å². The molecule has 0 saturated carbocycles. The van der Waals surface area contributed by atoms with Gasteiger partial charge in [-0.2, -0.15) is 5.26 Å². The average molecular weight is 781 g/mol. The summed E-state index contributed by atoms with van der Waals surface area (Å²) in [5.41, 5.74) is 11.0. The highest BCUT2D eigenvalue weighted by Gasteiger charge is 2.50. The van der Waals surface area contributed by atoms with Crippen LogP contribution >= 0.6 is 0 Å².